The van der Waals surface area contributed by atoms with Crippen LogP contribution in [0.3, 0.4) is 0 Å². The first-order valence-electron chi connectivity index (χ1n) is 7.48. The van der Waals surface area contributed by atoms with Crippen LogP contribution in [0.25, 0.3) is 5.69 Å². The van der Waals surface area contributed by atoms with Gasteiger partial charge in [-0.25, -0.2) is 4.68 Å². The number of carbonyl (C=O) groups excluding carboxylic acids is 1. The molecule has 0 spiro atoms. The highest BCUT2D eigenvalue weighted by Gasteiger charge is 2.12. The maximum absolute atomic E-state index is 12.1. The molecule has 0 saturated carbocycles. The molecule has 2 aromatic rings. The molecular formula is C17H23N3O. The van der Waals surface area contributed by atoms with Gasteiger partial charge in [0.2, 0.25) is 0 Å². The van der Waals surface area contributed by atoms with E-state index in [4.69, 9.17) is 0 Å². The molecule has 0 radical (unpaired) electrons. The lowest BCUT2D eigenvalue weighted by molar-refractivity contribution is 0.0947. The fraction of sp³-hybridized carbons (Fsp3) is 0.412. The molecule has 0 fully saturated rings. The van der Waals surface area contributed by atoms with E-state index in [1.54, 1.807) is 4.68 Å². The maximum Gasteiger partial charge on any atom is 0.271 e. The molecule has 0 saturated heterocycles. The van der Waals surface area contributed by atoms with Crippen molar-refractivity contribution in [1.82, 2.24) is 15.1 Å². The summed E-state index contributed by atoms with van der Waals surface area (Å²) in [5.41, 5.74) is 2.39. The normalized spacial score (nSPS) is 10.9. The zero-order valence-corrected chi connectivity index (χ0v) is 13.0. The zero-order valence-electron chi connectivity index (χ0n) is 13.0. The molecule has 1 heterocycles. The van der Waals surface area contributed by atoms with Crippen molar-refractivity contribution in [3.63, 3.8) is 0 Å². The number of benzene rings is 1. The van der Waals surface area contributed by atoms with Crippen LogP contribution in [-0.4, -0.2) is 22.2 Å². The Morgan fingerprint density at radius 3 is 2.67 bits per heavy atom. The minimum atomic E-state index is -0.100. The molecular weight excluding hydrogens is 262 g/mol. The molecule has 112 valence electrons. The van der Waals surface area contributed by atoms with Crippen LogP contribution in [-0.2, 0) is 0 Å². The fourth-order valence-electron chi connectivity index (χ4n) is 2.22. The number of hydrogen-bond donors (Lipinski definition) is 1. The molecule has 1 amide bonds. The van der Waals surface area contributed by atoms with Gasteiger partial charge >= 0.3 is 0 Å². The van der Waals surface area contributed by atoms with Crippen LogP contribution in [0, 0.1) is 12.8 Å². The third kappa shape index (κ3) is 4.18. The first kappa shape index (κ1) is 15.3. The Kier molecular flexibility index (Phi) is 5.14. The number of aromatic nitrogens is 2. The van der Waals surface area contributed by atoms with E-state index in [1.807, 2.05) is 43.3 Å². The highest BCUT2D eigenvalue weighted by atomic mass is 16.1. The summed E-state index contributed by atoms with van der Waals surface area (Å²) < 4.78 is 1.79. The SMILES string of the molecule is Cc1cc(C(=O)NCCCC(C)C)nn1-c1ccccc1. The number of nitrogens with one attached hydrogen (secondary N) is 1. The van der Waals surface area contributed by atoms with E-state index < -0.39 is 0 Å². The Hall–Kier alpha value is -2.10. The minimum absolute atomic E-state index is 0.100. The molecule has 0 aliphatic rings. The average molecular weight is 285 g/mol. The number of hydrogen-bond acceptors (Lipinski definition) is 2. The van der Waals surface area contributed by atoms with Crippen LogP contribution in [0.5, 0.6) is 0 Å². The molecule has 1 N–H and O–H groups in total. The van der Waals surface area contributed by atoms with Crippen LogP contribution >= 0.6 is 0 Å². The predicted molar refractivity (Wildman–Crippen MR) is 84.7 cm³/mol. The number of rotatable bonds is 6. The molecule has 1 aromatic heterocycles. The summed E-state index contributed by atoms with van der Waals surface area (Å²) in [4.78, 5) is 12.1. The maximum atomic E-state index is 12.1. The summed E-state index contributed by atoms with van der Waals surface area (Å²) in [6, 6.07) is 11.7. The summed E-state index contributed by atoms with van der Waals surface area (Å²) in [6.07, 6.45) is 2.12. The van der Waals surface area contributed by atoms with Gasteiger partial charge in [-0.2, -0.15) is 5.10 Å². The Balaban J connectivity index is 2.00. The highest BCUT2D eigenvalue weighted by molar-refractivity contribution is 5.92. The molecule has 4 heteroatoms. The third-order valence-electron chi connectivity index (χ3n) is 3.36. The third-order valence-corrected chi connectivity index (χ3v) is 3.36. The van der Waals surface area contributed by atoms with Gasteiger partial charge < -0.3 is 5.32 Å². The summed E-state index contributed by atoms with van der Waals surface area (Å²) in [7, 11) is 0. The van der Waals surface area contributed by atoms with Gasteiger partial charge in [0.25, 0.3) is 5.91 Å². The topological polar surface area (TPSA) is 46.9 Å². The monoisotopic (exact) mass is 285 g/mol. The van der Waals surface area contributed by atoms with Crippen LogP contribution < -0.4 is 5.32 Å². The van der Waals surface area contributed by atoms with Gasteiger partial charge in [0, 0.05) is 12.2 Å². The van der Waals surface area contributed by atoms with Crippen molar-refractivity contribution < 1.29 is 4.79 Å². The van der Waals surface area contributed by atoms with E-state index in [-0.39, 0.29) is 5.91 Å². The standard InChI is InChI=1S/C17H23N3O/c1-13(2)8-7-11-18-17(21)16-12-14(3)20(19-16)15-9-5-4-6-10-15/h4-6,9-10,12-13H,7-8,11H2,1-3H3,(H,18,21). The van der Waals surface area contributed by atoms with Crippen LogP contribution in [0.2, 0.25) is 0 Å². The summed E-state index contributed by atoms with van der Waals surface area (Å²) in [5.74, 6) is 0.568. The van der Waals surface area contributed by atoms with Crippen molar-refractivity contribution in [3.05, 3.63) is 47.8 Å². The summed E-state index contributed by atoms with van der Waals surface area (Å²) >= 11 is 0. The first-order valence-corrected chi connectivity index (χ1v) is 7.48. The molecule has 2 rings (SSSR count). The van der Waals surface area contributed by atoms with Crippen LogP contribution in [0.15, 0.2) is 36.4 Å². The molecule has 0 atom stereocenters. The zero-order chi connectivity index (χ0) is 15.2. The van der Waals surface area contributed by atoms with Crippen molar-refractivity contribution in [2.24, 2.45) is 5.92 Å². The number of nitrogens with zero attached hydrogens (tertiary/aromatic N) is 2. The second-order valence-corrected chi connectivity index (χ2v) is 5.71. The van der Waals surface area contributed by atoms with E-state index in [2.05, 4.69) is 24.3 Å². The van der Waals surface area contributed by atoms with Gasteiger partial charge in [0.1, 0.15) is 0 Å². The molecule has 0 aliphatic heterocycles. The molecule has 4 nitrogen and oxygen atoms in total. The number of amides is 1. The lowest BCUT2D eigenvalue weighted by Crippen LogP contribution is -2.25. The summed E-state index contributed by atoms with van der Waals surface area (Å²) in [6.45, 7) is 7.03. The first-order chi connectivity index (χ1) is 10.1. The molecule has 0 unspecified atom stereocenters. The van der Waals surface area contributed by atoms with E-state index >= 15 is 0 Å². The smallest absolute Gasteiger partial charge is 0.271 e. The molecule has 0 bridgehead atoms. The van der Waals surface area contributed by atoms with Gasteiger partial charge in [-0.05, 0) is 43.9 Å². The lowest BCUT2D eigenvalue weighted by Gasteiger charge is -2.05. The van der Waals surface area contributed by atoms with E-state index in [1.165, 1.54) is 0 Å². The molecule has 0 aliphatic carbocycles. The van der Waals surface area contributed by atoms with Gasteiger partial charge in [0.05, 0.1) is 5.69 Å². The molecule has 21 heavy (non-hydrogen) atoms. The number of para-hydroxylation sites is 1. The van der Waals surface area contributed by atoms with Gasteiger partial charge in [-0.1, -0.05) is 32.0 Å². The van der Waals surface area contributed by atoms with E-state index in [0.29, 0.717) is 18.2 Å². The quantitative estimate of drug-likeness (QED) is 0.827. The van der Waals surface area contributed by atoms with Crippen molar-refractivity contribution in [1.29, 1.82) is 0 Å². The van der Waals surface area contributed by atoms with Crippen molar-refractivity contribution in [3.8, 4) is 5.69 Å². The predicted octanol–water partition coefficient (Wildman–Crippen LogP) is 3.35. The average Bonchev–Trinajstić information content (AvgIpc) is 2.86. The lowest BCUT2D eigenvalue weighted by atomic mass is 10.1. The summed E-state index contributed by atoms with van der Waals surface area (Å²) in [5, 5.41) is 7.33. The van der Waals surface area contributed by atoms with Crippen molar-refractivity contribution >= 4 is 5.91 Å². The Labute approximate surface area is 126 Å². The second-order valence-electron chi connectivity index (χ2n) is 5.71. The van der Waals surface area contributed by atoms with Crippen LogP contribution in [0.1, 0.15) is 42.9 Å². The van der Waals surface area contributed by atoms with E-state index in [0.717, 1.165) is 24.2 Å². The van der Waals surface area contributed by atoms with Gasteiger partial charge in [-0.15, -0.1) is 0 Å². The van der Waals surface area contributed by atoms with Crippen molar-refractivity contribution in [2.45, 2.75) is 33.6 Å². The van der Waals surface area contributed by atoms with E-state index in [9.17, 15) is 4.79 Å². The number of aryl methyl sites for hydroxylation is 1. The van der Waals surface area contributed by atoms with Crippen molar-refractivity contribution in [2.75, 3.05) is 6.54 Å². The highest BCUT2D eigenvalue weighted by Crippen LogP contribution is 2.11. The second kappa shape index (κ2) is 7.07. The molecule has 1 aromatic carbocycles. The Bertz CT molecular complexity index is 587. The Morgan fingerprint density at radius 2 is 2.00 bits per heavy atom. The van der Waals surface area contributed by atoms with Gasteiger partial charge in [0.15, 0.2) is 5.69 Å². The van der Waals surface area contributed by atoms with Crippen LogP contribution in [0.4, 0.5) is 0 Å². The Morgan fingerprint density at radius 1 is 1.29 bits per heavy atom. The fourth-order valence-corrected chi connectivity index (χ4v) is 2.22. The number of carbonyl (C=O) groups is 1. The van der Waals surface area contributed by atoms with Gasteiger partial charge in [-0.3, -0.25) is 4.79 Å². The minimum Gasteiger partial charge on any atom is -0.351 e. The largest absolute Gasteiger partial charge is 0.351 e.